The quantitative estimate of drug-likeness (QED) is 0.385. The molecular formula is C23H30FN5O4S. The summed E-state index contributed by atoms with van der Waals surface area (Å²) in [4.78, 5) is 12.8. The number of amides is 1. The molecule has 34 heavy (non-hydrogen) atoms. The fourth-order valence-corrected chi connectivity index (χ4v) is 5.38. The number of nitrogens with one attached hydrogen (secondary N) is 2. The van der Waals surface area contributed by atoms with E-state index >= 15 is 0 Å². The summed E-state index contributed by atoms with van der Waals surface area (Å²) in [6.45, 7) is 4.52. The van der Waals surface area contributed by atoms with Crippen LogP contribution in [0.4, 0.5) is 4.39 Å². The predicted molar refractivity (Wildman–Crippen MR) is 125 cm³/mol. The van der Waals surface area contributed by atoms with Crippen molar-refractivity contribution in [3.05, 3.63) is 48.6 Å². The molecule has 1 aromatic carbocycles. The second kappa shape index (κ2) is 11.3. The van der Waals surface area contributed by atoms with Crippen LogP contribution in [0.3, 0.4) is 0 Å². The highest BCUT2D eigenvalue weighted by Gasteiger charge is 2.44. The maximum atomic E-state index is 13.1. The highest BCUT2D eigenvalue weighted by molar-refractivity contribution is 7.99. The molecule has 5 unspecified atom stereocenters. The van der Waals surface area contributed by atoms with Gasteiger partial charge in [-0.2, -0.15) is 0 Å². The van der Waals surface area contributed by atoms with Crippen molar-refractivity contribution < 1.29 is 23.4 Å². The van der Waals surface area contributed by atoms with E-state index in [1.54, 1.807) is 32.4 Å². The van der Waals surface area contributed by atoms with E-state index in [1.165, 1.54) is 23.9 Å². The van der Waals surface area contributed by atoms with Crippen LogP contribution in [0, 0.1) is 11.7 Å². The summed E-state index contributed by atoms with van der Waals surface area (Å²) >= 11 is 1.49. The lowest BCUT2D eigenvalue weighted by Crippen LogP contribution is -2.65. The first-order valence-electron chi connectivity index (χ1n) is 11.2. The molecule has 1 saturated heterocycles. The van der Waals surface area contributed by atoms with Gasteiger partial charge in [0.25, 0.3) is 0 Å². The van der Waals surface area contributed by atoms with Gasteiger partial charge in [0, 0.05) is 32.6 Å². The molecule has 1 aromatic heterocycles. The van der Waals surface area contributed by atoms with Crippen molar-refractivity contribution in [3.8, 4) is 5.75 Å². The van der Waals surface area contributed by atoms with Crippen LogP contribution in [0.1, 0.15) is 18.7 Å². The molecule has 2 heterocycles. The Kier molecular flexibility index (Phi) is 8.19. The fraction of sp³-hybridized carbons (Fsp3) is 0.522. The number of carbonyl (C=O) groups excluding carboxylic acids is 1. The molecule has 2 aromatic rings. The summed E-state index contributed by atoms with van der Waals surface area (Å²) in [5.41, 5.74) is 0. The van der Waals surface area contributed by atoms with Crippen molar-refractivity contribution in [2.75, 3.05) is 20.0 Å². The average molecular weight is 492 g/mol. The zero-order chi connectivity index (χ0) is 24.1. The van der Waals surface area contributed by atoms with Crippen LogP contribution in [-0.4, -0.2) is 65.1 Å². The van der Waals surface area contributed by atoms with E-state index in [0.717, 1.165) is 0 Å². The van der Waals surface area contributed by atoms with E-state index in [4.69, 9.17) is 14.2 Å². The molecule has 1 aliphatic carbocycles. The van der Waals surface area contributed by atoms with Gasteiger partial charge in [-0.3, -0.25) is 14.7 Å². The van der Waals surface area contributed by atoms with E-state index in [-0.39, 0.29) is 48.7 Å². The maximum absolute atomic E-state index is 13.1. The molecule has 1 amide bonds. The molecule has 184 valence electrons. The number of nitrogens with zero attached hydrogens (tertiary/aromatic N) is 3. The third kappa shape index (κ3) is 5.60. The highest BCUT2D eigenvalue weighted by Crippen LogP contribution is 2.31. The van der Waals surface area contributed by atoms with E-state index in [9.17, 15) is 9.18 Å². The van der Waals surface area contributed by atoms with Crippen molar-refractivity contribution in [1.29, 1.82) is 0 Å². The number of ether oxygens (including phenoxy) is 3. The van der Waals surface area contributed by atoms with Gasteiger partial charge in [-0.05, 0) is 37.1 Å². The lowest BCUT2D eigenvalue weighted by Gasteiger charge is -2.44. The van der Waals surface area contributed by atoms with Crippen LogP contribution in [0.5, 0.6) is 5.75 Å². The van der Waals surface area contributed by atoms with E-state index < -0.39 is 0 Å². The fourth-order valence-electron chi connectivity index (χ4n) is 4.45. The van der Waals surface area contributed by atoms with Crippen LogP contribution in [0.25, 0.3) is 0 Å². The molecule has 5 atom stereocenters. The molecular weight excluding hydrogens is 461 g/mol. The molecule has 1 saturated carbocycles. The molecule has 1 aliphatic heterocycles. The topological polar surface area (TPSA) is 99.5 Å². The minimum Gasteiger partial charge on any atom is -0.486 e. The number of benzene rings is 1. The first-order valence-corrected chi connectivity index (χ1v) is 12.2. The highest BCUT2D eigenvalue weighted by atomic mass is 32.2. The lowest BCUT2D eigenvalue weighted by molar-refractivity contribution is -0.139. The molecule has 2 aliphatic rings. The van der Waals surface area contributed by atoms with Crippen LogP contribution in [0.15, 0.2) is 42.1 Å². The normalized spacial score (nSPS) is 26.6. The van der Waals surface area contributed by atoms with Crippen LogP contribution in [0.2, 0.25) is 0 Å². The Labute approximate surface area is 202 Å². The number of fused-ring (bicyclic) bond motifs is 1. The van der Waals surface area contributed by atoms with Crippen LogP contribution < -0.4 is 15.4 Å². The number of carbonyl (C=O) groups is 1. The number of rotatable bonds is 10. The summed E-state index contributed by atoms with van der Waals surface area (Å²) in [6.07, 6.45) is 2.77. The average Bonchev–Trinajstić information content (AvgIpc) is 3.23. The minimum atomic E-state index is -0.319. The third-order valence-corrected chi connectivity index (χ3v) is 7.27. The van der Waals surface area contributed by atoms with Crippen LogP contribution >= 0.6 is 11.8 Å². The van der Waals surface area contributed by atoms with Gasteiger partial charge in [0.2, 0.25) is 5.91 Å². The summed E-state index contributed by atoms with van der Waals surface area (Å²) in [7, 11) is 3.33. The molecule has 2 fully saturated rings. The van der Waals surface area contributed by atoms with Crippen LogP contribution in [-0.2, 0) is 27.4 Å². The number of allylic oxidation sites excluding steroid dienone is 1. The molecule has 2 N–H and O–H groups in total. The third-order valence-electron chi connectivity index (χ3n) is 6.21. The Morgan fingerprint density at radius 2 is 1.94 bits per heavy atom. The maximum Gasteiger partial charge on any atom is 0.226 e. The van der Waals surface area contributed by atoms with Crippen molar-refractivity contribution in [2.24, 2.45) is 5.92 Å². The first kappa shape index (κ1) is 24.6. The van der Waals surface area contributed by atoms with Crippen molar-refractivity contribution >= 4 is 17.7 Å². The zero-order valence-electron chi connectivity index (χ0n) is 19.3. The standard InChI is InChI=1S/C23H30FN5O4S/c1-4-9-29-21(12-33-15-7-5-14(24)6-8-15)27-28-23(29)34-13-20-25-17-11-19(32-3)18(31-2)10-16(17)22(30)26-20/h4-8,16-20,25H,1,9-13H2,2-3H3,(H,26,30). The Morgan fingerprint density at radius 3 is 2.65 bits per heavy atom. The van der Waals surface area contributed by atoms with Gasteiger partial charge in [0.05, 0.1) is 24.3 Å². The summed E-state index contributed by atoms with van der Waals surface area (Å²) in [6, 6.07) is 5.85. The first-order chi connectivity index (χ1) is 16.5. The second-order valence-corrected chi connectivity index (χ2v) is 9.30. The van der Waals surface area contributed by atoms with Gasteiger partial charge in [-0.15, -0.1) is 16.8 Å². The Bertz CT molecular complexity index is 988. The number of hydrogen-bond acceptors (Lipinski definition) is 8. The van der Waals surface area contributed by atoms with Gasteiger partial charge >= 0.3 is 0 Å². The van der Waals surface area contributed by atoms with E-state index in [1.807, 2.05) is 4.57 Å². The summed E-state index contributed by atoms with van der Waals surface area (Å²) in [5, 5.41) is 15.9. The van der Waals surface area contributed by atoms with E-state index in [2.05, 4.69) is 27.4 Å². The largest absolute Gasteiger partial charge is 0.486 e. The number of thioether (sulfide) groups is 1. The summed E-state index contributed by atoms with van der Waals surface area (Å²) in [5.74, 6) is 1.33. The van der Waals surface area contributed by atoms with Gasteiger partial charge < -0.3 is 19.5 Å². The molecule has 0 bridgehead atoms. The van der Waals surface area contributed by atoms with Crippen molar-refractivity contribution in [3.63, 3.8) is 0 Å². The number of hydrogen-bond donors (Lipinski definition) is 2. The van der Waals surface area contributed by atoms with Crippen molar-refractivity contribution in [2.45, 2.75) is 55.6 Å². The van der Waals surface area contributed by atoms with Gasteiger partial charge in [0.15, 0.2) is 11.0 Å². The SMILES string of the molecule is C=CCn1c(COc2ccc(F)cc2)nnc1SCC1NC(=O)C2CC(OC)C(OC)CC2N1. The number of halogens is 1. The number of methoxy groups -OCH3 is 2. The lowest BCUT2D eigenvalue weighted by atomic mass is 9.79. The molecule has 0 spiro atoms. The Morgan fingerprint density at radius 1 is 1.21 bits per heavy atom. The zero-order valence-corrected chi connectivity index (χ0v) is 20.1. The molecule has 9 nitrogen and oxygen atoms in total. The minimum absolute atomic E-state index is 0.0291. The van der Waals surface area contributed by atoms with Gasteiger partial charge in [-0.1, -0.05) is 17.8 Å². The summed E-state index contributed by atoms with van der Waals surface area (Å²) < 4.78 is 31.9. The predicted octanol–water partition coefficient (Wildman–Crippen LogP) is 2.13. The Balaban J connectivity index is 1.37. The second-order valence-electron chi connectivity index (χ2n) is 8.31. The van der Waals surface area contributed by atoms with Gasteiger partial charge in [-0.25, -0.2) is 4.39 Å². The molecule has 11 heteroatoms. The monoisotopic (exact) mass is 491 g/mol. The molecule has 4 rings (SSSR count). The Hall–Kier alpha value is -2.47. The number of aromatic nitrogens is 3. The smallest absolute Gasteiger partial charge is 0.226 e. The van der Waals surface area contributed by atoms with Crippen molar-refractivity contribution in [1.82, 2.24) is 25.4 Å². The molecule has 0 radical (unpaired) electrons. The van der Waals surface area contributed by atoms with Gasteiger partial charge in [0.1, 0.15) is 18.2 Å². The van der Waals surface area contributed by atoms with E-state index in [0.29, 0.717) is 41.9 Å².